The summed E-state index contributed by atoms with van der Waals surface area (Å²) in [6.07, 6.45) is -6.11. The number of halogens is 1. The molecule has 0 bridgehead atoms. The van der Waals surface area contributed by atoms with Crippen molar-refractivity contribution in [3.8, 4) is 5.75 Å². The van der Waals surface area contributed by atoms with E-state index in [1.807, 2.05) is 31.2 Å². The van der Waals surface area contributed by atoms with E-state index in [-0.39, 0.29) is 0 Å². The Labute approximate surface area is 208 Å². The summed E-state index contributed by atoms with van der Waals surface area (Å²) in [5, 5.41) is 31.8. The maximum Gasteiger partial charge on any atom is 0.344 e. The lowest BCUT2D eigenvalue weighted by molar-refractivity contribution is -0.235. The van der Waals surface area contributed by atoms with E-state index in [4.69, 9.17) is 25.8 Å². The summed E-state index contributed by atoms with van der Waals surface area (Å²) in [6, 6.07) is 12.7. The Morgan fingerprint density at radius 2 is 1.71 bits per heavy atom. The highest BCUT2D eigenvalue weighted by Gasteiger charge is 2.44. The molecule has 1 fully saturated rings. The van der Waals surface area contributed by atoms with Gasteiger partial charge in [0, 0.05) is 11.9 Å². The first-order valence-electron chi connectivity index (χ1n) is 11.2. The number of hydrogen-bond acceptors (Lipinski definition) is 9. The number of carbonyl (C=O) groups is 2. The lowest BCUT2D eigenvalue weighted by Crippen LogP contribution is -2.55. The fraction of sp³-hybridized carbons (Fsp3) is 0.440. The van der Waals surface area contributed by atoms with Crippen molar-refractivity contribution in [2.75, 3.05) is 19.8 Å². The van der Waals surface area contributed by atoms with E-state index in [1.165, 1.54) is 0 Å². The molecule has 9 nitrogen and oxygen atoms in total. The van der Waals surface area contributed by atoms with E-state index < -0.39 is 55.7 Å². The van der Waals surface area contributed by atoms with Crippen LogP contribution in [-0.4, -0.2) is 71.5 Å². The fourth-order valence-electron chi connectivity index (χ4n) is 3.74. The van der Waals surface area contributed by atoms with Gasteiger partial charge in [-0.25, -0.2) is 4.79 Å². The van der Waals surface area contributed by atoms with Crippen LogP contribution in [0.5, 0.6) is 5.75 Å². The second-order valence-electron chi connectivity index (χ2n) is 8.13. The van der Waals surface area contributed by atoms with Crippen molar-refractivity contribution in [1.82, 2.24) is 0 Å². The Kier molecular flexibility index (Phi) is 9.47. The number of ether oxygens (including phenoxy) is 4. The van der Waals surface area contributed by atoms with Gasteiger partial charge < -0.3 is 34.3 Å². The zero-order valence-electron chi connectivity index (χ0n) is 19.4. The lowest BCUT2D eigenvalue weighted by atomic mass is 9.90. The van der Waals surface area contributed by atoms with Gasteiger partial charge in [-0.2, -0.15) is 0 Å². The summed E-state index contributed by atoms with van der Waals surface area (Å²) in [6.45, 7) is 2.64. The zero-order valence-corrected chi connectivity index (χ0v) is 20.2. The molecular formula is C25H29ClO9. The fourth-order valence-corrected chi connectivity index (χ4v) is 3.92. The highest BCUT2D eigenvalue weighted by molar-refractivity contribution is 6.31. The van der Waals surface area contributed by atoms with Crippen LogP contribution in [0.4, 0.5) is 0 Å². The molecule has 0 spiro atoms. The van der Waals surface area contributed by atoms with Crippen LogP contribution in [0, 0.1) is 0 Å². The second kappa shape index (κ2) is 12.3. The predicted octanol–water partition coefficient (Wildman–Crippen LogP) is 1.96. The molecule has 0 aromatic heterocycles. The molecule has 190 valence electrons. The summed E-state index contributed by atoms with van der Waals surface area (Å²) in [5.74, 6) is -0.711. The molecule has 10 heteroatoms. The van der Waals surface area contributed by atoms with Crippen LogP contribution in [0.25, 0.3) is 0 Å². The lowest BCUT2D eigenvalue weighted by Gasteiger charge is -2.40. The van der Waals surface area contributed by atoms with Gasteiger partial charge in [0.25, 0.3) is 0 Å². The van der Waals surface area contributed by atoms with E-state index in [2.05, 4.69) is 4.74 Å². The number of aliphatic hydroxyl groups is 3. The molecule has 3 rings (SSSR count). The Morgan fingerprint density at radius 1 is 1.00 bits per heavy atom. The number of benzene rings is 2. The third-order valence-corrected chi connectivity index (χ3v) is 5.91. The van der Waals surface area contributed by atoms with Crippen LogP contribution in [-0.2, 0) is 30.2 Å². The molecule has 0 unspecified atom stereocenters. The topological polar surface area (TPSA) is 132 Å². The summed E-state index contributed by atoms with van der Waals surface area (Å²) in [5.41, 5.74) is 2.30. The molecule has 1 aliphatic heterocycles. The molecule has 0 aliphatic carbocycles. The summed E-state index contributed by atoms with van der Waals surface area (Å²) < 4.78 is 20.9. The third-order valence-electron chi connectivity index (χ3n) is 5.54. The van der Waals surface area contributed by atoms with Crippen LogP contribution in [0.15, 0.2) is 42.5 Å². The molecular weight excluding hydrogens is 480 g/mol. The van der Waals surface area contributed by atoms with Crippen molar-refractivity contribution >= 4 is 23.5 Å². The van der Waals surface area contributed by atoms with E-state index in [9.17, 15) is 24.9 Å². The minimum Gasteiger partial charge on any atom is -0.494 e. The van der Waals surface area contributed by atoms with Crippen molar-refractivity contribution in [1.29, 1.82) is 0 Å². The Bertz CT molecular complexity index is 1010. The number of aliphatic hydroxyl groups excluding tert-OH is 3. The first-order chi connectivity index (χ1) is 16.7. The largest absolute Gasteiger partial charge is 0.494 e. The van der Waals surface area contributed by atoms with E-state index in [0.29, 0.717) is 23.6 Å². The van der Waals surface area contributed by atoms with Crippen LogP contribution >= 0.6 is 11.6 Å². The molecule has 0 amide bonds. The quantitative estimate of drug-likeness (QED) is 0.435. The van der Waals surface area contributed by atoms with Crippen molar-refractivity contribution in [2.24, 2.45) is 0 Å². The Balaban J connectivity index is 1.73. The van der Waals surface area contributed by atoms with Crippen molar-refractivity contribution in [3.63, 3.8) is 0 Å². The molecule has 1 aliphatic rings. The average molecular weight is 509 g/mol. The number of rotatable bonds is 9. The highest BCUT2D eigenvalue weighted by atomic mass is 35.5. The molecule has 1 heterocycles. The highest BCUT2D eigenvalue weighted by Crippen LogP contribution is 2.34. The second-order valence-corrected chi connectivity index (χ2v) is 8.54. The first-order valence-corrected chi connectivity index (χ1v) is 11.6. The van der Waals surface area contributed by atoms with Crippen LogP contribution in [0.3, 0.4) is 0 Å². The predicted molar refractivity (Wildman–Crippen MR) is 125 cm³/mol. The van der Waals surface area contributed by atoms with E-state index >= 15 is 0 Å². The van der Waals surface area contributed by atoms with Gasteiger partial charge in [0.1, 0.15) is 42.9 Å². The van der Waals surface area contributed by atoms with Gasteiger partial charge in [-0.15, -0.1) is 0 Å². The summed E-state index contributed by atoms with van der Waals surface area (Å²) in [7, 11) is 0. The summed E-state index contributed by atoms with van der Waals surface area (Å²) >= 11 is 6.41. The molecule has 35 heavy (non-hydrogen) atoms. The smallest absolute Gasteiger partial charge is 0.344 e. The SMILES string of the molecule is CCOc1ccc(Cc2cc([C@@H]3O[C@H](COC(=O)COC(C)=O)[C@@H](O)[C@H](O)[C@H]3O)ccc2Cl)cc1. The number of hydrogen-bond donors (Lipinski definition) is 3. The van der Waals surface area contributed by atoms with Gasteiger partial charge in [0.2, 0.25) is 0 Å². The molecule has 2 aromatic carbocycles. The molecule has 0 radical (unpaired) electrons. The maximum atomic E-state index is 11.7. The Morgan fingerprint density at radius 3 is 2.37 bits per heavy atom. The minimum atomic E-state index is -1.55. The van der Waals surface area contributed by atoms with Gasteiger partial charge in [-0.3, -0.25) is 4.79 Å². The van der Waals surface area contributed by atoms with Crippen molar-refractivity contribution < 1.29 is 43.9 Å². The van der Waals surface area contributed by atoms with Crippen molar-refractivity contribution in [2.45, 2.75) is 50.8 Å². The third kappa shape index (κ3) is 7.16. The Hall–Kier alpha value is -2.69. The standard InChI is InChI=1S/C25H29ClO9/c1-3-32-18-7-4-15(5-8-18)10-17-11-16(6-9-19(17)26)25-24(31)23(30)22(29)20(35-25)12-34-21(28)13-33-14(2)27/h4-9,11,20,22-25,29-31H,3,10,12-13H2,1-2H3/t20-,22-,23+,24-,25+/m1/s1. The van der Waals surface area contributed by atoms with Crippen LogP contribution in [0.1, 0.15) is 36.6 Å². The minimum absolute atomic E-state index is 0.409. The summed E-state index contributed by atoms with van der Waals surface area (Å²) in [4.78, 5) is 22.6. The number of carbonyl (C=O) groups excluding carboxylic acids is 2. The van der Waals surface area contributed by atoms with Gasteiger partial charge in [0.15, 0.2) is 6.61 Å². The molecule has 3 N–H and O–H groups in total. The molecule has 1 saturated heterocycles. The van der Waals surface area contributed by atoms with Crippen LogP contribution < -0.4 is 4.74 Å². The molecule has 2 aromatic rings. The zero-order chi connectivity index (χ0) is 25.5. The van der Waals surface area contributed by atoms with Gasteiger partial charge >= 0.3 is 11.9 Å². The normalized spacial score (nSPS) is 24.0. The monoisotopic (exact) mass is 508 g/mol. The molecule has 0 saturated carbocycles. The number of esters is 2. The van der Waals surface area contributed by atoms with Gasteiger partial charge in [-0.1, -0.05) is 35.9 Å². The van der Waals surface area contributed by atoms with Gasteiger partial charge in [0.05, 0.1) is 6.61 Å². The van der Waals surface area contributed by atoms with Crippen LogP contribution in [0.2, 0.25) is 5.02 Å². The molecule has 5 atom stereocenters. The average Bonchev–Trinajstić information content (AvgIpc) is 2.83. The van der Waals surface area contributed by atoms with E-state index in [0.717, 1.165) is 23.8 Å². The van der Waals surface area contributed by atoms with Gasteiger partial charge in [-0.05, 0) is 48.2 Å². The van der Waals surface area contributed by atoms with E-state index in [1.54, 1.807) is 18.2 Å². The van der Waals surface area contributed by atoms with Crippen molar-refractivity contribution in [3.05, 3.63) is 64.2 Å². The first kappa shape index (κ1) is 26.9. The maximum absolute atomic E-state index is 11.7.